The molecule has 0 radical (unpaired) electrons. The van der Waals surface area contributed by atoms with Gasteiger partial charge in [0.15, 0.2) is 0 Å². The number of benzene rings is 2. The van der Waals surface area contributed by atoms with Crippen molar-refractivity contribution < 1.29 is 19.4 Å². The molecule has 0 bridgehead atoms. The Bertz CT molecular complexity index is 1250. The fourth-order valence-electron chi connectivity index (χ4n) is 4.06. The van der Waals surface area contributed by atoms with Gasteiger partial charge in [-0.15, -0.1) is 0 Å². The summed E-state index contributed by atoms with van der Waals surface area (Å²) in [4.78, 5) is 31.9. The molecule has 0 aliphatic carbocycles. The molecule has 0 saturated carbocycles. The van der Waals surface area contributed by atoms with Gasteiger partial charge in [0.1, 0.15) is 11.5 Å². The highest BCUT2D eigenvalue weighted by atomic mass is 35.5. The fourth-order valence-corrected chi connectivity index (χ4v) is 4.19. The van der Waals surface area contributed by atoms with Crippen LogP contribution in [-0.4, -0.2) is 32.8 Å². The smallest absolute Gasteiger partial charge is 0.295 e. The lowest BCUT2D eigenvalue weighted by Gasteiger charge is -2.25. The number of likely N-dealkylation sites (tertiary alicyclic amines) is 1. The van der Waals surface area contributed by atoms with Gasteiger partial charge in [-0.2, -0.15) is 0 Å². The minimum atomic E-state index is -0.774. The molecule has 2 aromatic carbocycles. The fraction of sp³-hybridized carbons (Fsp3) is 0.222. The number of ether oxygens (including phenoxy) is 1. The van der Waals surface area contributed by atoms with Gasteiger partial charge in [0.05, 0.1) is 17.7 Å². The number of rotatable bonds is 6. The Labute approximate surface area is 203 Å². The number of aromatic nitrogens is 1. The highest BCUT2D eigenvalue weighted by Gasteiger charge is 2.46. The zero-order valence-electron chi connectivity index (χ0n) is 19.2. The number of aliphatic hydroxyl groups excluding tert-OH is 1. The first kappa shape index (κ1) is 23.5. The van der Waals surface area contributed by atoms with Crippen LogP contribution in [0.3, 0.4) is 0 Å². The van der Waals surface area contributed by atoms with Gasteiger partial charge in [0.25, 0.3) is 11.7 Å². The minimum Gasteiger partial charge on any atom is -0.507 e. The number of ketones is 1. The number of amides is 1. The van der Waals surface area contributed by atoms with E-state index in [9.17, 15) is 14.7 Å². The second kappa shape index (κ2) is 9.69. The summed E-state index contributed by atoms with van der Waals surface area (Å²) in [7, 11) is 0. The van der Waals surface area contributed by atoms with Gasteiger partial charge in [-0.05, 0) is 73.9 Å². The third-order valence-electron chi connectivity index (χ3n) is 5.61. The average Bonchev–Trinajstić information content (AvgIpc) is 3.06. The maximum Gasteiger partial charge on any atom is 0.295 e. The van der Waals surface area contributed by atoms with Gasteiger partial charge < -0.3 is 14.7 Å². The van der Waals surface area contributed by atoms with Crippen molar-refractivity contribution in [2.45, 2.75) is 39.5 Å². The van der Waals surface area contributed by atoms with Crippen molar-refractivity contribution in [3.05, 3.63) is 99.8 Å². The number of aryl methyl sites for hydroxylation is 1. The molecule has 6 nitrogen and oxygen atoms in total. The number of carbonyl (C=O) groups is 2. The van der Waals surface area contributed by atoms with Crippen LogP contribution < -0.4 is 4.74 Å². The van der Waals surface area contributed by atoms with Gasteiger partial charge in [-0.3, -0.25) is 14.6 Å². The van der Waals surface area contributed by atoms with Crippen molar-refractivity contribution in [2.75, 3.05) is 0 Å². The Morgan fingerprint density at radius 3 is 2.50 bits per heavy atom. The van der Waals surface area contributed by atoms with Crippen molar-refractivity contribution >= 4 is 29.1 Å². The second-order valence-corrected chi connectivity index (χ2v) is 8.92. The van der Waals surface area contributed by atoms with Gasteiger partial charge in [0.2, 0.25) is 0 Å². The first-order valence-corrected chi connectivity index (χ1v) is 11.3. The molecule has 1 aliphatic heterocycles. The van der Waals surface area contributed by atoms with Crippen LogP contribution >= 0.6 is 11.6 Å². The van der Waals surface area contributed by atoms with E-state index in [2.05, 4.69) is 4.98 Å². The minimum absolute atomic E-state index is 0.000789. The zero-order chi connectivity index (χ0) is 24.4. The predicted molar refractivity (Wildman–Crippen MR) is 130 cm³/mol. The molecule has 1 N–H and O–H groups in total. The SMILES string of the molecule is Cc1cc(/C(O)=C2\C(=O)C(=O)N(Cc3cccnc3)[C@@H]2c2ccc(Cl)cc2)ccc1OC(C)C. The van der Waals surface area contributed by atoms with Crippen molar-refractivity contribution in [1.82, 2.24) is 9.88 Å². The Balaban J connectivity index is 1.82. The summed E-state index contributed by atoms with van der Waals surface area (Å²) in [5.41, 5.74) is 2.73. The van der Waals surface area contributed by atoms with Crippen molar-refractivity contribution in [1.29, 1.82) is 0 Å². The molecule has 4 rings (SSSR count). The Hall–Kier alpha value is -3.64. The van der Waals surface area contributed by atoms with Crippen molar-refractivity contribution in [2.24, 2.45) is 0 Å². The third kappa shape index (κ3) is 4.68. The lowest BCUT2D eigenvalue weighted by Crippen LogP contribution is -2.29. The Morgan fingerprint density at radius 2 is 1.88 bits per heavy atom. The van der Waals surface area contributed by atoms with Crippen LogP contribution in [0.25, 0.3) is 5.76 Å². The summed E-state index contributed by atoms with van der Waals surface area (Å²) in [6, 6.07) is 14.9. The molecule has 2 heterocycles. The van der Waals surface area contributed by atoms with E-state index in [-0.39, 0.29) is 24.0 Å². The molecule has 7 heteroatoms. The van der Waals surface area contributed by atoms with Crippen LogP contribution in [0.2, 0.25) is 5.02 Å². The molecule has 1 saturated heterocycles. The van der Waals surface area contributed by atoms with E-state index < -0.39 is 17.7 Å². The normalized spacial score (nSPS) is 17.4. The van der Waals surface area contributed by atoms with Crippen LogP contribution in [-0.2, 0) is 16.1 Å². The highest BCUT2D eigenvalue weighted by molar-refractivity contribution is 6.46. The summed E-state index contributed by atoms with van der Waals surface area (Å²) < 4.78 is 5.78. The Kier molecular flexibility index (Phi) is 6.70. The summed E-state index contributed by atoms with van der Waals surface area (Å²) in [5.74, 6) is -0.952. The maximum absolute atomic E-state index is 13.2. The second-order valence-electron chi connectivity index (χ2n) is 8.49. The molecule has 1 atom stereocenters. The summed E-state index contributed by atoms with van der Waals surface area (Å²) in [5, 5.41) is 11.8. The van der Waals surface area contributed by atoms with Crippen LogP contribution in [0, 0.1) is 6.92 Å². The number of Topliss-reactive ketones (excluding diaryl/α,β-unsaturated/α-hetero) is 1. The number of hydrogen-bond acceptors (Lipinski definition) is 5. The predicted octanol–water partition coefficient (Wildman–Crippen LogP) is 5.45. The molecular weight excluding hydrogens is 452 g/mol. The molecule has 0 spiro atoms. The molecule has 0 unspecified atom stereocenters. The van der Waals surface area contributed by atoms with E-state index in [1.54, 1.807) is 60.9 Å². The van der Waals surface area contributed by atoms with E-state index in [1.165, 1.54) is 4.90 Å². The number of nitrogens with zero attached hydrogens (tertiary/aromatic N) is 2. The van der Waals surface area contributed by atoms with Crippen LogP contribution in [0.4, 0.5) is 0 Å². The number of aliphatic hydroxyl groups is 1. The number of carbonyl (C=O) groups excluding carboxylic acids is 2. The van der Waals surface area contributed by atoms with E-state index in [0.717, 1.165) is 11.1 Å². The van der Waals surface area contributed by atoms with Crippen molar-refractivity contribution in [3.8, 4) is 5.75 Å². The first-order valence-electron chi connectivity index (χ1n) is 11.0. The topological polar surface area (TPSA) is 79.7 Å². The lowest BCUT2D eigenvalue weighted by atomic mass is 9.94. The first-order chi connectivity index (χ1) is 16.3. The lowest BCUT2D eigenvalue weighted by molar-refractivity contribution is -0.140. The standard InChI is InChI=1S/C27H25ClN2O4/c1-16(2)34-22-11-8-20(13-17(22)3)25(31)23-24(19-6-9-21(28)10-7-19)30(27(33)26(23)32)15-18-5-4-12-29-14-18/h4-14,16,24,31H,15H2,1-3H3/b25-23+/t24-/m1/s1. The monoisotopic (exact) mass is 476 g/mol. The molecule has 1 aliphatic rings. The molecule has 1 aromatic heterocycles. The van der Waals surface area contributed by atoms with Crippen LogP contribution in [0.5, 0.6) is 5.75 Å². The van der Waals surface area contributed by atoms with Gasteiger partial charge in [-0.1, -0.05) is 29.8 Å². The Morgan fingerprint density at radius 1 is 1.15 bits per heavy atom. The van der Waals surface area contributed by atoms with Crippen LogP contribution in [0.1, 0.15) is 42.1 Å². The molecule has 1 fully saturated rings. The highest BCUT2D eigenvalue weighted by Crippen LogP contribution is 2.41. The molecule has 3 aromatic rings. The molecule has 34 heavy (non-hydrogen) atoms. The molecule has 174 valence electrons. The van der Waals surface area contributed by atoms with Crippen LogP contribution in [0.15, 0.2) is 72.6 Å². The van der Waals surface area contributed by atoms with E-state index >= 15 is 0 Å². The maximum atomic E-state index is 13.2. The zero-order valence-corrected chi connectivity index (χ0v) is 19.9. The summed E-state index contributed by atoms with van der Waals surface area (Å²) in [6.07, 6.45) is 3.29. The number of halogens is 1. The van der Waals surface area contributed by atoms with E-state index in [1.807, 2.05) is 26.8 Å². The van der Waals surface area contributed by atoms with E-state index in [4.69, 9.17) is 16.3 Å². The van der Waals surface area contributed by atoms with Crippen molar-refractivity contribution in [3.63, 3.8) is 0 Å². The van der Waals surface area contributed by atoms with E-state index in [0.29, 0.717) is 21.9 Å². The molecule has 1 amide bonds. The van der Waals surface area contributed by atoms with Gasteiger partial charge >= 0.3 is 0 Å². The largest absolute Gasteiger partial charge is 0.507 e. The quantitative estimate of drug-likeness (QED) is 0.290. The summed E-state index contributed by atoms with van der Waals surface area (Å²) in [6.45, 7) is 5.90. The number of hydrogen-bond donors (Lipinski definition) is 1. The average molecular weight is 477 g/mol. The summed E-state index contributed by atoms with van der Waals surface area (Å²) >= 11 is 6.08. The number of pyridine rings is 1. The third-order valence-corrected chi connectivity index (χ3v) is 5.86. The van der Waals surface area contributed by atoms with Gasteiger partial charge in [-0.25, -0.2) is 0 Å². The van der Waals surface area contributed by atoms with Gasteiger partial charge in [0, 0.05) is 29.5 Å². The molecular formula is C27H25ClN2O4.